The molecule has 0 saturated carbocycles. The van der Waals surface area contributed by atoms with Crippen molar-refractivity contribution in [3.05, 3.63) is 30.6 Å². The summed E-state index contributed by atoms with van der Waals surface area (Å²) >= 11 is 0. The SMILES string of the molecule is COc1cc(N2CCC3CCN(c4nccn5c(C)nnc45)C3C2)ncn1. The Kier molecular flexibility index (Phi) is 3.80. The van der Waals surface area contributed by atoms with Crippen molar-refractivity contribution >= 4 is 17.3 Å². The van der Waals surface area contributed by atoms with Crippen molar-refractivity contribution in [1.82, 2.24) is 29.5 Å². The maximum absolute atomic E-state index is 5.26. The van der Waals surface area contributed by atoms with E-state index >= 15 is 0 Å². The second kappa shape index (κ2) is 6.33. The van der Waals surface area contributed by atoms with Gasteiger partial charge in [-0.05, 0) is 25.7 Å². The van der Waals surface area contributed by atoms with Crippen LogP contribution in [-0.2, 0) is 0 Å². The van der Waals surface area contributed by atoms with E-state index < -0.39 is 0 Å². The van der Waals surface area contributed by atoms with E-state index in [0.29, 0.717) is 17.8 Å². The maximum atomic E-state index is 5.26. The van der Waals surface area contributed by atoms with Gasteiger partial charge in [0.05, 0.1) is 13.2 Å². The van der Waals surface area contributed by atoms with Gasteiger partial charge in [0.15, 0.2) is 5.82 Å². The van der Waals surface area contributed by atoms with Gasteiger partial charge in [0.1, 0.15) is 18.0 Å². The van der Waals surface area contributed by atoms with Crippen molar-refractivity contribution in [3.8, 4) is 5.88 Å². The van der Waals surface area contributed by atoms with E-state index in [0.717, 1.165) is 49.2 Å². The summed E-state index contributed by atoms with van der Waals surface area (Å²) in [5.74, 6) is 3.97. The molecule has 3 aromatic heterocycles. The smallest absolute Gasteiger partial charge is 0.218 e. The summed E-state index contributed by atoms with van der Waals surface area (Å²) in [6.45, 7) is 4.85. The average molecular weight is 366 g/mol. The number of anilines is 2. The van der Waals surface area contributed by atoms with Crippen LogP contribution in [0.15, 0.2) is 24.8 Å². The third kappa shape index (κ3) is 2.65. The van der Waals surface area contributed by atoms with Crippen molar-refractivity contribution in [2.24, 2.45) is 5.92 Å². The van der Waals surface area contributed by atoms with Crippen LogP contribution in [0.3, 0.4) is 0 Å². The molecule has 2 fully saturated rings. The average Bonchev–Trinajstić information content (AvgIpc) is 3.31. The van der Waals surface area contributed by atoms with Crippen LogP contribution in [0.4, 0.5) is 11.6 Å². The fourth-order valence-corrected chi connectivity index (χ4v) is 4.36. The van der Waals surface area contributed by atoms with Gasteiger partial charge >= 0.3 is 0 Å². The summed E-state index contributed by atoms with van der Waals surface area (Å²) in [7, 11) is 1.63. The molecule has 2 aliphatic rings. The van der Waals surface area contributed by atoms with E-state index in [1.54, 1.807) is 13.4 Å². The Hall–Kier alpha value is -2.97. The highest BCUT2D eigenvalue weighted by molar-refractivity contribution is 5.65. The molecular weight excluding hydrogens is 344 g/mol. The molecule has 0 N–H and O–H groups in total. The number of aryl methyl sites for hydroxylation is 1. The fraction of sp³-hybridized carbons (Fsp3) is 0.500. The lowest BCUT2D eigenvalue weighted by Gasteiger charge is -2.39. The number of fused-ring (bicyclic) bond motifs is 2. The minimum absolute atomic E-state index is 0.385. The number of hydrogen-bond donors (Lipinski definition) is 0. The molecule has 5 rings (SSSR count). The molecule has 0 bridgehead atoms. The first-order valence-electron chi connectivity index (χ1n) is 9.28. The van der Waals surface area contributed by atoms with E-state index in [-0.39, 0.29) is 0 Å². The summed E-state index contributed by atoms with van der Waals surface area (Å²) in [4.78, 5) is 17.9. The maximum Gasteiger partial charge on any atom is 0.218 e. The van der Waals surface area contributed by atoms with Gasteiger partial charge in [0.2, 0.25) is 11.5 Å². The normalized spacial score (nSPS) is 22.3. The van der Waals surface area contributed by atoms with Gasteiger partial charge in [-0.3, -0.25) is 4.40 Å². The second-order valence-electron chi connectivity index (χ2n) is 7.15. The first-order chi connectivity index (χ1) is 13.2. The fourth-order valence-electron chi connectivity index (χ4n) is 4.36. The number of nitrogens with zero attached hydrogens (tertiary/aromatic N) is 8. The quantitative estimate of drug-likeness (QED) is 0.687. The van der Waals surface area contributed by atoms with E-state index in [1.807, 2.05) is 29.8 Å². The van der Waals surface area contributed by atoms with Crippen molar-refractivity contribution in [1.29, 1.82) is 0 Å². The molecule has 0 amide bonds. The molecule has 3 aromatic rings. The summed E-state index contributed by atoms with van der Waals surface area (Å²) in [5.41, 5.74) is 0.830. The van der Waals surface area contributed by atoms with Crippen molar-refractivity contribution < 1.29 is 4.74 Å². The zero-order valence-corrected chi connectivity index (χ0v) is 15.5. The van der Waals surface area contributed by atoms with Gasteiger partial charge in [0.25, 0.3) is 0 Å². The van der Waals surface area contributed by atoms with Crippen LogP contribution in [-0.4, -0.2) is 62.3 Å². The van der Waals surface area contributed by atoms with E-state index in [2.05, 4.69) is 34.9 Å². The lowest BCUT2D eigenvalue weighted by molar-refractivity contribution is 0.384. The number of hydrogen-bond acceptors (Lipinski definition) is 8. The molecule has 0 aromatic carbocycles. The Labute approximate surface area is 157 Å². The molecule has 27 heavy (non-hydrogen) atoms. The molecule has 9 nitrogen and oxygen atoms in total. The topological polar surface area (TPSA) is 84.6 Å². The minimum Gasteiger partial charge on any atom is -0.481 e. The van der Waals surface area contributed by atoms with Gasteiger partial charge in [0, 0.05) is 38.1 Å². The van der Waals surface area contributed by atoms with Crippen LogP contribution in [0.25, 0.3) is 5.65 Å². The second-order valence-corrected chi connectivity index (χ2v) is 7.15. The van der Waals surface area contributed by atoms with Crippen LogP contribution in [0, 0.1) is 12.8 Å². The predicted octanol–water partition coefficient (Wildman–Crippen LogP) is 1.34. The highest BCUT2D eigenvalue weighted by Gasteiger charge is 2.40. The van der Waals surface area contributed by atoms with Crippen molar-refractivity contribution in [2.75, 3.05) is 36.5 Å². The molecule has 2 unspecified atom stereocenters. The van der Waals surface area contributed by atoms with Gasteiger partial charge in [-0.15, -0.1) is 10.2 Å². The number of rotatable bonds is 3. The molecule has 2 atom stereocenters. The Morgan fingerprint density at radius 2 is 2.00 bits per heavy atom. The predicted molar refractivity (Wildman–Crippen MR) is 100 cm³/mol. The lowest BCUT2D eigenvalue weighted by atomic mass is 9.92. The third-order valence-electron chi connectivity index (χ3n) is 5.77. The first-order valence-corrected chi connectivity index (χ1v) is 9.28. The van der Waals surface area contributed by atoms with Crippen LogP contribution in [0.2, 0.25) is 0 Å². The third-order valence-corrected chi connectivity index (χ3v) is 5.77. The molecular formula is C18H22N8O. The number of ether oxygens (including phenoxy) is 1. The number of aromatic nitrogens is 6. The number of piperidine rings is 1. The summed E-state index contributed by atoms with van der Waals surface area (Å²) in [6.07, 6.45) is 7.64. The number of methoxy groups -OCH3 is 1. The molecule has 140 valence electrons. The standard InChI is InChI=1S/C18H22N8O/c1-12-22-23-18-17(19-5-8-25(12)18)26-7-4-13-3-6-24(10-14(13)26)15-9-16(27-2)21-11-20-15/h5,8-9,11,13-14H,3-4,6-7,10H2,1-2H3. The van der Waals surface area contributed by atoms with Crippen LogP contribution in [0.1, 0.15) is 18.7 Å². The molecule has 0 radical (unpaired) electrons. The summed E-state index contributed by atoms with van der Waals surface area (Å²) in [6, 6.07) is 2.29. The first kappa shape index (κ1) is 16.2. The largest absolute Gasteiger partial charge is 0.481 e. The zero-order valence-electron chi connectivity index (χ0n) is 15.5. The van der Waals surface area contributed by atoms with Gasteiger partial charge in [-0.2, -0.15) is 0 Å². The Morgan fingerprint density at radius 1 is 1.11 bits per heavy atom. The molecule has 9 heteroatoms. The van der Waals surface area contributed by atoms with Gasteiger partial charge in [-0.1, -0.05) is 0 Å². The lowest BCUT2D eigenvalue weighted by Crippen LogP contribution is -2.49. The van der Waals surface area contributed by atoms with E-state index in [1.165, 1.54) is 6.42 Å². The Balaban J connectivity index is 1.46. The highest BCUT2D eigenvalue weighted by atomic mass is 16.5. The van der Waals surface area contributed by atoms with Crippen LogP contribution < -0.4 is 14.5 Å². The Morgan fingerprint density at radius 3 is 2.89 bits per heavy atom. The van der Waals surface area contributed by atoms with E-state index in [9.17, 15) is 0 Å². The molecule has 0 spiro atoms. The van der Waals surface area contributed by atoms with Crippen molar-refractivity contribution in [3.63, 3.8) is 0 Å². The minimum atomic E-state index is 0.385. The van der Waals surface area contributed by atoms with Crippen LogP contribution >= 0.6 is 0 Å². The molecule has 0 aliphatic carbocycles. The van der Waals surface area contributed by atoms with Crippen LogP contribution in [0.5, 0.6) is 5.88 Å². The highest BCUT2D eigenvalue weighted by Crippen LogP contribution is 2.36. The van der Waals surface area contributed by atoms with Gasteiger partial charge < -0.3 is 14.5 Å². The Bertz CT molecular complexity index is 973. The molecule has 2 aliphatic heterocycles. The molecule has 5 heterocycles. The van der Waals surface area contributed by atoms with Crippen molar-refractivity contribution in [2.45, 2.75) is 25.8 Å². The summed E-state index contributed by atoms with van der Waals surface area (Å²) < 4.78 is 7.26. The van der Waals surface area contributed by atoms with Gasteiger partial charge in [-0.25, -0.2) is 15.0 Å². The summed E-state index contributed by atoms with van der Waals surface area (Å²) in [5, 5.41) is 8.58. The molecule has 2 saturated heterocycles. The zero-order chi connectivity index (χ0) is 18.4. The monoisotopic (exact) mass is 366 g/mol. The van der Waals surface area contributed by atoms with E-state index in [4.69, 9.17) is 4.74 Å².